The Balaban J connectivity index is 1.62. The van der Waals surface area contributed by atoms with Crippen LogP contribution in [0.4, 0.5) is 5.82 Å². The van der Waals surface area contributed by atoms with E-state index in [0.29, 0.717) is 24.5 Å². The summed E-state index contributed by atoms with van der Waals surface area (Å²) in [6.45, 7) is 2.17. The lowest BCUT2D eigenvalue weighted by Crippen LogP contribution is -2.25. The third kappa shape index (κ3) is 4.84. The molecule has 1 aromatic heterocycles. The molecule has 6 nitrogen and oxygen atoms in total. The highest BCUT2D eigenvalue weighted by atomic mass is 16.5. The first-order chi connectivity index (χ1) is 9.29. The molecule has 2 rings (SSSR count). The Morgan fingerprint density at radius 1 is 1.53 bits per heavy atom. The molecule has 0 saturated heterocycles. The predicted octanol–water partition coefficient (Wildman–Crippen LogP) is 0.914. The van der Waals surface area contributed by atoms with Gasteiger partial charge in [0, 0.05) is 31.5 Å². The van der Waals surface area contributed by atoms with Gasteiger partial charge in [0.1, 0.15) is 5.82 Å². The fraction of sp³-hybridized carbons (Fsp3) is 0.538. The van der Waals surface area contributed by atoms with Gasteiger partial charge in [0.05, 0.1) is 0 Å². The average molecular weight is 264 g/mol. The Kier molecular flexibility index (Phi) is 5.11. The van der Waals surface area contributed by atoms with Crippen molar-refractivity contribution in [3.8, 4) is 0 Å². The number of ether oxygens (including phenoxy) is 1. The van der Waals surface area contributed by atoms with E-state index in [1.165, 1.54) is 12.8 Å². The van der Waals surface area contributed by atoms with Gasteiger partial charge in [-0.05, 0) is 37.3 Å². The molecule has 1 amide bonds. The fourth-order valence-corrected chi connectivity index (χ4v) is 1.66. The summed E-state index contributed by atoms with van der Waals surface area (Å²) in [5.41, 5.74) is 2.95. The van der Waals surface area contributed by atoms with Gasteiger partial charge in [-0.2, -0.15) is 0 Å². The van der Waals surface area contributed by atoms with Crippen molar-refractivity contribution in [3.05, 3.63) is 23.9 Å². The zero-order valence-electron chi connectivity index (χ0n) is 10.9. The van der Waals surface area contributed by atoms with Crippen LogP contribution in [0.1, 0.15) is 29.6 Å². The van der Waals surface area contributed by atoms with E-state index in [1.54, 1.807) is 18.3 Å². The Labute approximate surface area is 112 Å². The van der Waals surface area contributed by atoms with Crippen LogP contribution in [-0.2, 0) is 4.74 Å². The van der Waals surface area contributed by atoms with Crippen LogP contribution in [0.3, 0.4) is 0 Å². The summed E-state index contributed by atoms with van der Waals surface area (Å²) in [5.74, 6) is 6.38. The first-order valence-corrected chi connectivity index (χ1v) is 6.58. The lowest BCUT2D eigenvalue weighted by Gasteiger charge is -2.07. The molecule has 1 saturated carbocycles. The van der Waals surface area contributed by atoms with Crippen molar-refractivity contribution in [1.29, 1.82) is 0 Å². The number of carbonyl (C=O) groups excluding carboxylic acids is 1. The van der Waals surface area contributed by atoms with Crippen LogP contribution in [0, 0.1) is 5.92 Å². The summed E-state index contributed by atoms with van der Waals surface area (Å²) in [6, 6.07) is 3.26. The van der Waals surface area contributed by atoms with Crippen molar-refractivity contribution in [2.24, 2.45) is 11.8 Å². The Hall–Kier alpha value is -1.66. The standard InChI is InChI=1S/C13H20N4O2/c14-17-12-8-11(4-6-15-12)13(18)16-5-1-7-19-9-10-2-3-10/h4,6,8,10H,1-3,5,7,9,14H2,(H,15,17)(H,16,18). The number of nitrogens with zero attached hydrogens (tertiary/aromatic N) is 1. The van der Waals surface area contributed by atoms with Crippen LogP contribution < -0.4 is 16.6 Å². The summed E-state index contributed by atoms with van der Waals surface area (Å²) in [5, 5.41) is 2.84. The van der Waals surface area contributed by atoms with Crippen LogP contribution in [-0.4, -0.2) is 30.6 Å². The second kappa shape index (κ2) is 7.06. The number of pyridine rings is 1. The Morgan fingerprint density at radius 3 is 3.11 bits per heavy atom. The number of carbonyl (C=O) groups is 1. The van der Waals surface area contributed by atoms with Crippen molar-refractivity contribution < 1.29 is 9.53 Å². The Morgan fingerprint density at radius 2 is 2.37 bits per heavy atom. The number of nitrogens with two attached hydrogens (primary N) is 1. The van der Waals surface area contributed by atoms with Gasteiger partial charge in [-0.25, -0.2) is 10.8 Å². The highest BCUT2D eigenvalue weighted by Gasteiger charge is 2.20. The highest BCUT2D eigenvalue weighted by Crippen LogP contribution is 2.28. The maximum Gasteiger partial charge on any atom is 0.251 e. The maximum absolute atomic E-state index is 11.8. The van der Waals surface area contributed by atoms with Gasteiger partial charge in [0.25, 0.3) is 5.91 Å². The summed E-state index contributed by atoms with van der Waals surface area (Å²) in [7, 11) is 0. The molecule has 0 atom stereocenters. The lowest BCUT2D eigenvalue weighted by atomic mass is 10.2. The van der Waals surface area contributed by atoms with Gasteiger partial charge in [-0.1, -0.05) is 0 Å². The predicted molar refractivity (Wildman–Crippen MR) is 72.5 cm³/mol. The second-order valence-corrected chi connectivity index (χ2v) is 4.70. The van der Waals surface area contributed by atoms with Gasteiger partial charge in [-0.3, -0.25) is 4.79 Å². The molecule has 104 valence electrons. The first-order valence-electron chi connectivity index (χ1n) is 6.58. The molecule has 1 aliphatic rings. The van der Waals surface area contributed by atoms with Gasteiger partial charge in [0.2, 0.25) is 0 Å². The number of aromatic nitrogens is 1. The van der Waals surface area contributed by atoms with E-state index in [4.69, 9.17) is 10.6 Å². The van der Waals surface area contributed by atoms with Crippen molar-refractivity contribution in [2.75, 3.05) is 25.2 Å². The van der Waals surface area contributed by atoms with Crippen LogP contribution in [0.5, 0.6) is 0 Å². The zero-order chi connectivity index (χ0) is 13.5. The van der Waals surface area contributed by atoms with Crippen LogP contribution in [0.15, 0.2) is 18.3 Å². The minimum absolute atomic E-state index is 0.124. The molecule has 1 heterocycles. The number of anilines is 1. The normalized spacial score (nSPS) is 14.2. The van der Waals surface area contributed by atoms with Crippen molar-refractivity contribution in [2.45, 2.75) is 19.3 Å². The topological polar surface area (TPSA) is 89.3 Å². The van der Waals surface area contributed by atoms with Crippen LogP contribution in [0.25, 0.3) is 0 Å². The van der Waals surface area contributed by atoms with Crippen molar-refractivity contribution >= 4 is 11.7 Å². The highest BCUT2D eigenvalue weighted by molar-refractivity contribution is 5.94. The molecule has 0 unspecified atom stereocenters. The molecule has 1 fully saturated rings. The molecular formula is C13H20N4O2. The molecule has 1 aliphatic carbocycles. The molecule has 0 spiro atoms. The number of hydrogen-bond acceptors (Lipinski definition) is 5. The minimum Gasteiger partial charge on any atom is -0.381 e. The Bertz CT molecular complexity index is 421. The molecule has 19 heavy (non-hydrogen) atoms. The van der Waals surface area contributed by atoms with Gasteiger partial charge >= 0.3 is 0 Å². The van der Waals surface area contributed by atoms with E-state index in [0.717, 1.165) is 18.9 Å². The third-order valence-corrected chi connectivity index (χ3v) is 2.97. The van der Waals surface area contributed by atoms with Crippen LogP contribution in [0.2, 0.25) is 0 Å². The van der Waals surface area contributed by atoms with E-state index in [9.17, 15) is 4.79 Å². The summed E-state index contributed by atoms with van der Waals surface area (Å²) >= 11 is 0. The number of hydrazine groups is 1. The number of nitrogen functional groups attached to an aromatic ring is 1. The van der Waals surface area contributed by atoms with E-state index < -0.39 is 0 Å². The monoisotopic (exact) mass is 264 g/mol. The molecule has 6 heteroatoms. The van der Waals surface area contributed by atoms with Crippen LogP contribution >= 0.6 is 0 Å². The van der Waals surface area contributed by atoms with E-state index in [1.807, 2.05) is 0 Å². The molecule has 0 aromatic carbocycles. The summed E-state index contributed by atoms with van der Waals surface area (Å²) in [4.78, 5) is 15.8. The zero-order valence-corrected chi connectivity index (χ0v) is 10.9. The fourth-order valence-electron chi connectivity index (χ4n) is 1.66. The molecular weight excluding hydrogens is 244 g/mol. The summed E-state index contributed by atoms with van der Waals surface area (Å²) < 4.78 is 5.49. The largest absolute Gasteiger partial charge is 0.381 e. The number of hydrogen-bond donors (Lipinski definition) is 3. The molecule has 0 bridgehead atoms. The quantitative estimate of drug-likeness (QED) is 0.369. The maximum atomic E-state index is 11.8. The smallest absolute Gasteiger partial charge is 0.251 e. The van der Waals surface area contributed by atoms with Crippen molar-refractivity contribution in [3.63, 3.8) is 0 Å². The number of amides is 1. The molecule has 1 aromatic rings. The third-order valence-electron chi connectivity index (χ3n) is 2.97. The average Bonchev–Trinajstić information content (AvgIpc) is 3.26. The van der Waals surface area contributed by atoms with E-state index in [2.05, 4.69) is 15.7 Å². The van der Waals surface area contributed by atoms with Gasteiger partial charge in [-0.15, -0.1) is 0 Å². The molecule has 0 aliphatic heterocycles. The molecule has 0 radical (unpaired) electrons. The van der Waals surface area contributed by atoms with E-state index >= 15 is 0 Å². The van der Waals surface area contributed by atoms with E-state index in [-0.39, 0.29) is 5.91 Å². The minimum atomic E-state index is -0.124. The number of rotatable bonds is 8. The van der Waals surface area contributed by atoms with Gasteiger partial charge < -0.3 is 15.5 Å². The first kappa shape index (κ1) is 13.8. The number of nitrogens with one attached hydrogen (secondary N) is 2. The van der Waals surface area contributed by atoms with Gasteiger partial charge in [0.15, 0.2) is 0 Å². The second-order valence-electron chi connectivity index (χ2n) is 4.70. The summed E-state index contributed by atoms with van der Waals surface area (Å²) in [6.07, 6.45) is 4.97. The van der Waals surface area contributed by atoms with Crippen molar-refractivity contribution in [1.82, 2.24) is 10.3 Å². The lowest BCUT2D eigenvalue weighted by molar-refractivity contribution is 0.0937. The SMILES string of the molecule is NNc1cc(C(=O)NCCCOCC2CC2)ccn1. The molecule has 4 N–H and O–H groups in total.